The maximum absolute atomic E-state index is 11.3. The molecule has 1 rings (SSSR count). The van der Waals surface area contributed by atoms with E-state index in [-0.39, 0.29) is 12.5 Å². The van der Waals surface area contributed by atoms with Crippen molar-refractivity contribution in [3.05, 3.63) is 12.3 Å². The van der Waals surface area contributed by atoms with Crippen LogP contribution in [0.2, 0.25) is 0 Å². The summed E-state index contributed by atoms with van der Waals surface area (Å²) in [7, 11) is 0. The highest BCUT2D eigenvalue weighted by atomic mass is 16.5. The minimum absolute atomic E-state index is 0.130. The molecule has 16 heavy (non-hydrogen) atoms. The third-order valence-electron chi connectivity index (χ3n) is 2.21. The maximum atomic E-state index is 11.3. The van der Waals surface area contributed by atoms with Gasteiger partial charge in [0.1, 0.15) is 12.4 Å². The van der Waals surface area contributed by atoms with E-state index in [1.54, 1.807) is 12.3 Å². The smallest absolute Gasteiger partial charge is 0.327 e. The molecule has 0 aliphatic heterocycles. The number of unbranched alkanes of at least 4 members (excludes halogenated alkanes) is 3. The zero-order valence-corrected chi connectivity index (χ0v) is 9.69. The quantitative estimate of drug-likeness (QED) is 0.565. The molecule has 0 amide bonds. The molecule has 0 saturated carbocycles. The Kier molecular flexibility index (Phi) is 5.39. The van der Waals surface area contributed by atoms with Crippen LogP contribution in [0.1, 0.15) is 32.6 Å². The number of hydrogen-bond donors (Lipinski definition) is 1. The summed E-state index contributed by atoms with van der Waals surface area (Å²) in [5.41, 5.74) is 5.43. The van der Waals surface area contributed by atoms with Crippen LogP contribution in [0, 0.1) is 0 Å². The fourth-order valence-corrected chi connectivity index (χ4v) is 1.36. The van der Waals surface area contributed by atoms with Crippen molar-refractivity contribution >= 4 is 11.8 Å². The third kappa shape index (κ3) is 4.82. The van der Waals surface area contributed by atoms with Gasteiger partial charge in [0.15, 0.2) is 0 Å². The normalized spacial score (nSPS) is 10.3. The largest absolute Gasteiger partial charge is 0.464 e. The fourth-order valence-electron chi connectivity index (χ4n) is 1.36. The first-order chi connectivity index (χ1) is 7.72. The Labute approximate surface area is 95.6 Å². The number of esters is 1. The zero-order valence-electron chi connectivity index (χ0n) is 9.69. The Hall–Kier alpha value is -1.52. The molecule has 0 bridgehead atoms. The summed E-state index contributed by atoms with van der Waals surface area (Å²) in [6, 6.07) is 1.65. The second-order valence-corrected chi connectivity index (χ2v) is 3.72. The molecule has 0 fully saturated rings. The van der Waals surface area contributed by atoms with Crippen molar-refractivity contribution in [2.24, 2.45) is 0 Å². The average molecular weight is 225 g/mol. The van der Waals surface area contributed by atoms with Crippen molar-refractivity contribution in [3.63, 3.8) is 0 Å². The van der Waals surface area contributed by atoms with Gasteiger partial charge in [-0.05, 0) is 12.5 Å². The van der Waals surface area contributed by atoms with Crippen LogP contribution in [-0.4, -0.2) is 22.4 Å². The molecule has 0 atom stereocenters. The molecule has 0 radical (unpaired) electrons. The first-order valence-electron chi connectivity index (χ1n) is 5.67. The van der Waals surface area contributed by atoms with Crippen molar-refractivity contribution < 1.29 is 9.53 Å². The molecule has 0 aliphatic carbocycles. The molecular formula is C11H19N3O2. The Balaban J connectivity index is 2.11. The van der Waals surface area contributed by atoms with E-state index in [0.717, 1.165) is 12.8 Å². The van der Waals surface area contributed by atoms with Gasteiger partial charge in [0.2, 0.25) is 0 Å². The number of hydrogen-bond acceptors (Lipinski definition) is 4. The Bertz CT molecular complexity index is 323. The molecule has 0 saturated heterocycles. The van der Waals surface area contributed by atoms with Gasteiger partial charge in [-0.3, -0.25) is 9.48 Å². The molecule has 1 heterocycles. The van der Waals surface area contributed by atoms with Crippen molar-refractivity contribution in [2.45, 2.75) is 39.2 Å². The van der Waals surface area contributed by atoms with Crippen LogP contribution in [0.25, 0.3) is 0 Å². The van der Waals surface area contributed by atoms with Crippen LogP contribution in [0.3, 0.4) is 0 Å². The maximum Gasteiger partial charge on any atom is 0.327 e. The lowest BCUT2D eigenvalue weighted by molar-refractivity contribution is -0.144. The van der Waals surface area contributed by atoms with Gasteiger partial charge in [-0.25, -0.2) is 0 Å². The topological polar surface area (TPSA) is 70.1 Å². The van der Waals surface area contributed by atoms with Crippen molar-refractivity contribution in [3.8, 4) is 0 Å². The van der Waals surface area contributed by atoms with Crippen LogP contribution in [0.15, 0.2) is 12.3 Å². The number of nitrogens with two attached hydrogens (primary N) is 1. The summed E-state index contributed by atoms with van der Waals surface area (Å²) in [5, 5.41) is 3.90. The second-order valence-electron chi connectivity index (χ2n) is 3.72. The van der Waals surface area contributed by atoms with E-state index < -0.39 is 0 Å². The number of ether oxygens (including phenoxy) is 1. The lowest BCUT2D eigenvalue weighted by atomic mass is 10.2. The van der Waals surface area contributed by atoms with Crippen LogP contribution in [-0.2, 0) is 16.1 Å². The number of carbonyl (C=O) groups excluding carboxylic acids is 1. The van der Waals surface area contributed by atoms with E-state index in [2.05, 4.69) is 12.0 Å². The standard InChI is InChI=1S/C11H19N3O2/c1-2-3-4-5-8-16-11(15)9-14-7-6-10(12)13-14/h6-7H,2-5,8-9H2,1H3,(H2,12,13). The summed E-state index contributed by atoms with van der Waals surface area (Å²) >= 11 is 0. The Morgan fingerprint density at radius 1 is 1.50 bits per heavy atom. The lowest BCUT2D eigenvalue weighted by Crippen LogP contribution is -2.14. The number of anilines is 1. The number of aromatic nitrogens is 2. The second kappa shape index (κ2) is 6.87. The molecular weight excluding hydrogens is 206 g/mol. The van der Waals surface area contributed by atoms with Gasteiger partial charge in [-0.2, -0.15) is 5.10 Å². The fraction of sp³-hybridized carbons (Fsp3) is 0.636. The third-order valence-corrected chi connectivity index (χ3v) is 2.21. The first kappa shape index (κ1) is 12.5. The van der Waals surface area contributed by atoms with E-state index in [9.17, 15) is 4.79 Å². The summed E-state index contributed by atoms with van der Waals surface area (Å²) in [6.07, 6.45) is 6.07. The number of rotatable bonds is 7. The summed E-state index contributed by atoms with van der Waals surface area (Å²) < 4.78 is 6.54. The molecule has 0 unspecified atom stereocenters. The predicted molar refractivity (Wildman–Crippen MR) is 61.7 cm³/mol. The zero-order chi connectivity index (χ0) is 11.8. The van der Waals surface area contributed by atoms with E-state index in [1.807, 2.05) is 0 Å². The van der Waals surface area contributed by atoms with Crippen LogP contribution < -0.4 is 5.73 Å². The Morgan fingerprint density at radius 3 is 2.94 bits per heavy atom. The molecule has 0 aliphatic rings. The number of nitrogen functional groups attached to an aromatic ring is 1. The molecule has 1 aromatic rings. The van der Waals surface area contributed by atoms with Gasteiger partial charge < -0.3 is 10.5 Å². The molecule has 0 spiro atoms. The number of carbonyl (C=O) groups is 1. The van der Waals surface area contributed by atoms with Gasteiger partial charge in [0.05, 0.1) is 6.61 Å². The lowest BCUT2D eigenvalue weighted by Gasteiger charge is -2.04. The van der Waals surface area contributed by atoms with Crippen molar-refractivity contribution in [1.29, 1.82) is 0 Å². The van der Waals surface area contributed by atoms with Gasteiger partial charge in [-0.15, -0.1) is 0 Å². The highest BCUT2D eigenvalue weighted by molar-refractivity contribution is 5.69. The molecule has 0 aromatic carbocycles. The average Bonchev–Trinajstić information content (AvgIpc) is 2.63. The molecule has 90 valence electrons. The highest BCUT2D eigenvalue weighted by Gasteiger charge is 2.04. The molecule has 5 heteroatoms. The first-order valence-corrected chi connectivity index (χ1v) is 5.67. The predicted octanol–water partition coefficient (Wildman–Crippen LogP) is 1.59. The van der Waals surface area contributed by atoms with Gasteiger partial charge in [0.25, 0.3) is 0 Å². The minimum Gasteiger partial charge on any atom is -0.464 e. The summed E-state index contributed by atoms with van der Waals surface area (Å²) in [6.45, 7) is 2.77. The van der Waals surface area contributed by atoms with Crippen LogP contribution in [0.5, 0.6) is 0 Å². The van der Waals surface area contributed by atoms with Gasteiger partial charge >= 0.3 is 5.97 Å². The van der Waals surface area contributed by atoms with Crippen molar-refractivity contribution in [1.82, 2.24) is 9.78 Å². The Morgan fingerprint density at radius 2 is 2.31 bits per heavy atom. The van der Waals surface area contributed by atoms with E-state index in [1.165, 1.54) is 17.5 Å². The number of nitrogens with zero attached hydrogens (tertiary/aromatic N) is 2. The molecule has 1 aromatic heterocycles. The van der Waals surface area contributed by atoms with E-state index in [4.69, 9.17) is 10.5 Å². The minimum atomic E-state index is -0.264. The van der Waals surface area contributed by atoms with E-state index >= 15 is 0 Å². The molecule has 5 nitrogen and oxygen atoms in total. The van der Waals surface area contributed by atoms with Gasteiger partial charge in [0, 0.05) is 6.20 Å². The van der Waals surface area contributed by atoms with Crippen LogP contribution >= 0.6 is 0 Å². The SMILES string of the molecule is CCCCCCOC(=O)Cn1ccc(N)n1. The molecule has 2 N–H and O–H groups in total. The highest BCUT2D eigenvalue weighted by Crippen LogP contribution is 2.00. The van der Waals surface area contributed by atoms with Crippen LogP contribution in [0.4, 0.5) is 5.82 Å². The summed E-state index contributed by atoms with van der Waals surface area (Å²) in [5.74, 6) is 0.148. The van der Waals surface area contributed by atoms with E-state index in [0.29, 0.717) is 12.4 Å². The van der Waals surface area contributed by atoms with Gasteiger partial charge in [-0.1, -0.05) is 26.2 Å². The monoisotopic (exact) mass is 225 g/mol. The van der Waals surface area contributed by atoms with Crippen molar-refractivity contribution in [2.75, 3.05) is 12.3 Å². The summed E-state index contributed by atoms with van der Waals surface area (Å²) in [4.78, 5) is 11.3.